The van der Waals surface area contributed by atoms with Crippen LogP contribution in [0, 0.1) is 5.82 Å². The second kappa shape index (κ2) is 7.67. The molecule has 3 rings (SSSR count). The lowest BCUT2D eigenvalue weighted by molar-refractivity contribution is -0.138. The van der Waals surface area contributed by atoms with E-state index in [1.54, 1.807) is 16.7 Å². The van der Waals surface area contributed by atoms with Crippen molar-refractivity contribution in [3.63, 3.8) is 0 Å². The second-order valence-electron chi connectivity index (χ2n) is 5.36. The number of nitrogens with zero attached hydrogens (tertiary/aromatic N) is 4. The second-order valence-corrected chi connectivity index (χ2v) is 6.18. The molecule has 1 aromatic carbocycles. The van der Waals surface area contributed by atoms with Gasteiger partial charge in [-0.05, 0) is 23.8 Å². The molecule has 0 radical (unpaired) electrons. The fourth-order valence-electron chi connectivity index (χ4n) is 2.38. The first-order valence-electron chi connectivity index (χ1n) is 7.37. The number of halogens is 3. The van der Waals surface area contributed by atoms with Crippen LogP contribution in [0.2, 0.25) is 10.0 Å². The zero-order valence-corrected chi connectivity index (χ0v) is 14.6. The van der Waals surface area contributed by atoms with E-state index in [1.807, 2.05) is 0 Å². The molecule has 2 heterocycles. The average molecular weight is 396 g/mol. The average Bonchev–Trinajstić information content (AvgIpc) is 3.11. The summed E-state index contributed by atoms with van der Waals surface area (Å²) in [4.78, 5) is 15.2. The summed E-state index contributed by atoms with van der Waals surface area (Å²) in [7, 11) is 0. The minimum absolute atomic E-state index is 0.0497. The summed E-state index contributed by atoms with van der Waals surface area (Å²) in [6.45, 7) is -0.0497. The number of nitrogens with one attached hydrogen (secondary N) is 1. The number of anilines is 1. The zero-order valence-electron chi connectivity index (χ0n) is 13.1. The summed E-state index contributed by atoms with van der Waals surface area (Å²) in [5, 5.41) is 20.4. The van der Waals surface area contributed by atoms with E-state index in [2.05, 4.69) is 20.5 Å². The molecule has 0 aliphatic carbocycles. The molecule has 2 aromatic heterocycles. The third kappa shape index (κ3) is 3.92. The molecule has 134 valence electrons. The van der Waals surface area contributed by atoms with Crippen LogP contribution < -0.4 is 5.32 Å². The van der Waals surface area contributed by atoms with Crippen LogP contribution in [0.1, 0.15) is 11.5 Å². The van der Waals surface area contributed by atoms with Gasteiger partial charge in [0.15, 0.2) is 0 Å². The van der Waals surface area contributed by atoms with Crippen LogP contribution in [0.5, 0.6) is 0 Å². The molecule has 0 bridgehead atoms. The maximum atomic E-state index is 13.3. The van der Waals surface area contributed by atoms with Gasteiger partial charge in [-0.3, -0.25) is 14.3 Å². The van der Waals surface area contributed by atoms with Gasteiger partial charge < -0.3 is 10.4 Å². The van der Waals surface area contributed by atoms with Crippen molar-refractivity contribution in [3.8, 4) is 5.69 Å². The maximum absolute atomic E-state index is 13.3. The summed E-state index contributed by atoms with van der Waals surface area (Å²) >= 11 is 12.5. The number of carbonyl (C=O) groups is 1. The molecule has 3 aromatic rings. The maximum Gasteiger partial charge on any atom is 0.312 e. The summed E-state index contributed by atoms with van der Waals surface area (Å²) in [6.07, 6.45) is 5.30. The van der Waals surface area contributed by atoms with Crippen molar-refractivity contribution in [2.24, 2.45) is 0 Å². The van der Waals surface area contributed by atoms with Gasteiger partial charge in [0.05, 0.1) is 27.6 Å². The molecule has 0 saturated heterocycles. The highest BCUT2D eigenvalue weighted by atomic mass is 35.5. The third-order valence-electron chi connectivity index (χ3n) is 3.65. The number of rotatable bonds is 6. The topological polar surface area (TPSA) is 92.9 Å². The predicted octanol–water partition coefficient (Wildman–Crippen LogP) is 3.39. The van der Waals surface area contributed by atoms with Crippen LogP contribution in [0.15, 0.2) is 43.2 Å². The van der Waals surface area contributed by atoms with Gasteiger partial charge in [0.2, 0.25) is 0 Å². The highest BCUT2D eigenvalue weighted by Crippen LogP contribution is 2.33. The molecule has 1 unspecified atom stereocenters. The molecule has 1 atom stereocenters. The molecule has 10 heteroatoms. The Labute approximate surface area is 157 Å². The molecular weight excluding hydrogens is 384 g/mol. The Kier molecular flexibility index (Phi) is 5.34. The van der Waals surface area contributed by atoms with Crippen molar-refractivity contribution in [1.82, 2.24) is 19.7 Å². The van der Waals surface area contributed by atoms with E-state index in [-0.39, 0.29) is 12.1 Å². The van der Waals surface area contributed by atoms with E-state index in [1.165, 1.54) is 18.9 Å². The van der Waals surface area contributed by atoms with Gasteiger partial charge in [-0.1, -0.05) is 23.2 Å². The van der Waals surface area contributed by atoms with E-state index >= 15 is 0 Å². The van der Waals surface area contributed by atoms with Crippen molar-refractivity contribution in [2.75, 3.05) is 11.9 Å². The van der Waals surface area contributed by atoms with E-state index in [0.29, 0.717) is 21.4 Å². The van der Waals surface area contributed by atoms with Gasteiger partial charge in [0, 0.05) is 12.7 Å². The van der Waals surface area contributed by atoms with Crippen molar-refractivity contribution < 1.29 is 14.3 Å². The number of hydrogen-bond donors (Lipinski definition) is 2. The lowest BCUT2D eigenvalue weighted by Crippen LogP contribution is -2.21. The van der Waals surface area contributed by atoms with E-state index < -0.39 is 17.7 Å². The lowest BCUT2D eigenvalue weighted by atomic mass is 10.0. The van der Waals surface area contributed by atoms with Gasteiger partial charge in [-0.25, -0.2) is 4.39 Å². The zero-order chi connectivity index (χ0) is 18.7. The summed E-state index contributed by atoms with van der Waals surface area (Å²) in [5.74, 6) is -2.76. The fourth-order valence-corrected chi connectivity index (χ4v) is 2.99. The molecule has 7 nitrogen and oxygen atoms in total. The Morgan fingerprint density at radius 3 is 2.42 bits per heavy atom. The van der Waals surface area contributed by atoms with Crippen LogP contribution in [-0.4, -0.2) is 37.4 Å². The third-order valence-corrected chi connectivity index (χ3v) is 4.25. The lowest BCUT2D eigenvalue weighted by Gasteiger charge is -2.17. The SMILES string of the molecule is O=C(O)C(CNc1c(Cl)cc(-n2cnnc2)cc1Cl)c1cncc(F)c1. The number of carboxylic acid groups (broad SMARTS) is 1. The highest BCUT2D eigenvalue weighted by molar-refractivity contribution is 6.39. The first kappa shape index (κ1) is 18.1. The van der Waals surface area contributed by atoms with Crippen LogP contribution in [-0.2, 0) is 4.79 Å². The number of hydrogen-bond acceptors (Lipinski definition) is 5. The van der Waals surface area contributed by atoms with E-state index in [0.717, 1.165) is 12.3 Å². The summed E-state index contributed by atoms with van der Waals surface area (Å²) in [6, 6.07) is 4.41. The normalized spacial score (nSPS) is 12.0. The Hall–Kier alpha value is -2.71. The Morgan fingerprint density at radius 1 is 1.19 bits per heavy atom. The molecule has 0 aliphatic heterocycles. The van der Waals surface area contributed by atoms with E-state index in [4.69, 9.17) is 23.2 Å². The fraction of sp³-hybridized carbons (Fsp3) is 0.125. The Morgan fingerprint density at radius 2 is 1.85 bits per heavy atom. The van der Waals surface area contributed by atoms with Gasteiger partial charge in [0.25, 0.3) is 0 Å². The minimum Gasteiger partial charge on any atom is -0.481 e. The molecule has 0 amide bonds. The Bertz CT molecular complexity index is 913. The summed E-state index contributed by atoms with van der Waals surface area (Å²) in [5.41, 5.74) is 1.26. The molecular formula is C16H12Cl2FN5O2. The summed E-state index contributed by atoms with van der Waals surface area (Å²) < 4.78 is 15.0. The largest absolute Gasteiger partial charge is 0.481 e. The monoisotopic (exact) mass is 395 g/mol. The number of aliphatic carboxylic acids is 1. The van der Waals surface area contributed by atoms with Gasteiger partial charge >= 0.3 is 5.97 Å². The minimum atomic E-state index is -1.13. The first-order chi connectivity index (χ1) is 12.5. The van der Waals surface area contributed by atoms with Crippen molar-refractivity contribution >= 4 is 34.9 Å². The predicted molar refractivity (Wildman–Crippen MR) is 94.4 cm³/mol. The number of carboxylic acids is 1. The Balaban J connectivity index is 1.83. The number of aromatic nitrogens is 4. The van der Waals surface area contributed by atoms with Gasteiger partial charge in [-0.15, -0.1) is 10.2 Å². The van der Waals surface area contributed by atoms with Crippen LogP contribution in [0.4, 0.5) is 10.1 Å². The van der Waals surface area contributed by atoms with Crippen molar-refractivity contribution in [3.05, 3.63) is 64.7 Å². The molecule has 0 spiro atoms. The van der Waals surface area contributed by atoms with E-state index in [9.17, 15) is 14.3 Å². The van der Waals surface area contributed by atoms with Crippen LogP contribution >= 0.6 is 23.2 Å². The molecule has 0 fully saturated rings. The first-order valence-corrected chi connectivity index (χ1v) is 8.12. The quantitative estimate of drug-likeness (QED) is 0.664. The van der Waals surface area contributed by atoms with Crippen LogP contribution in [0.3, 0.4) is 0 Å². The van der Waals surface area contributed by atoms with Crippen molar-refractivity contribution in [2.45, 2.75) is 5.92 Å². The molecule has 2 N–H and O–H groups in total. The van der Waals surface area contributed by atoms with Gasteiger partial charge in [-0.2, -0.15) is 0 Å². The molecule has 0 saturated carbocycles. The number of benzene rings is 1. The molecule has 0 aliphatic rings. The molecule has 26 heavy (non-hydrogen) atoms. The number of pyridine rings is 1. The smallest absolute Gasteiger partial charge is 0.312 e. The van der Waals surface area contributed by atoms with Crippen LogP contribution in [0.25, 0.3) is 5.69 Å². The standard InChI is InChI=1S/C16H12Cl2FN5O2/c17-13-2-11(24-7-22-23-8-24)3-14(18)15(13)21-6-12(16(25)26)9-1-10(19)5-20-4-9/h1-5,7-8,12,21H,6H2,(H,25,26). The highest BCUT2D eigenvalue weighted by Gasteiger charge is 2.22. The van der Waals surface area contributed by atoms with Gasteiger partial charge in [0.1, 0.15) is 24.4 Å². The van der Waals surface area contributed by atoms with Crippen molar-refractivity contribution in [1.29, 1.82) is 0 Å².